The van der Waals surface area contributed by atoms with Crippen LogP contribution in [0, 0.1) is 0 Å². The summed E-state index contributed by atoms with van der Waals surface area (Å²) in [6, 6.07) is -2.51. The summed E-state index contributed by atoms with van der Waals surface area (Å²) in [6.07, 6.45) is 1.04. The number of carbonyl (C=O) groups is 4. The predicted octanol–water partition coefficient (Wildman–Crippen LogP) is -2.50. The van der Waals surface area contributed by atoms with Crippen molar-refractivity contribution in [2.75, 3.05) is 0 Å². The van der Waals surface area contributed by atoms with Crippen molar-refractivity contribution >= 4 is 35.5 Å². The van der Waals surface area contributed by atoms with Gasteiger partial charge in [0.15, 0.2) is 0 Å². The third-order valence-electron chi connectivity index (χ3n) is 3.05. The van der Waals surface area contributed by atoms with Gasteiger partial charge >= 0.3 is 0 Å². The summed E-state index contributed by atoms with van der Waals surface area (Å²) in [4.78, 5) is 44.6. The minimum Gasteiger partial charge on any atom is -0.368 e. The molecule has 0 heterocycles. The molecule has 126 valence electrons. The summed E-state index contributed by atoms with van der Waals surface area (Å²) >= 11 is 3.70. The van der Waals surface area contributed by atoms with E-state index in [1.807, 2.05) is 0 Å². The maximum absolute atomic E-state index is 11.7. The topological polar surface area (TPSA) is 184 Å². The molecule has 0 aromatic heterocycles. The molecule has 0 rings (SSSR count). The lowest BCUT2D eigenvalue weighted by Crippen LogP contribution is -2.42. The average molecular weight is 333 g/mol. The summed E-state index contributed by atoms with van der Waals surface area (Å²) in [5, 5.41) is 1.97. The van der Waals surface area contributed by atoms with E-state index in [0.717, 1.165) is 0 Å². The first-order chi connectivity index (χ1) is 10.1. The van der Waals surface area contributed by atoms with E-state index < -0.39 is 41.0 Å². The van der Waals surface area contributed by atoms with Crippen molar-refractivity contribution in [3.05, 3.63) is 0 Å². The van der Waals surface area contributed by atoms with E-state index in [1.54, 1.807) is 0 Å². The summed E-state index contributed by atoms with van der Waals surface area (Å²) < 4.78 is 0. The molecule has 0 aliphatic carbocycles. The van der Waals surface area contributed by atoms with Gasteiger partial charge in [-0.1, -0.05) is 0 Å². The summed E-state index contributed by atoms with van der Waals surface area (Å²) in [5.41, 5.74) is 20.9. The highest BCUT2D eigenvalue weighted by atomic mass is 32.1. The van der Waals surface area contributed by atoms with E-state index in [2.05, 4.69) is 17.9 Å². The van der Waals surface area contributed by atoms with Crippen LogP contribution in [-0.4, -0.2) is 41.0 Å². The molecule has 0 unspecified atom stereocenters. The van der Waals surface area contributed by atoms with Gasteiger partial charge in [-0.05, 0) is 25.7 Å². The Labute approximate surface area is 133 Å². The van der Waals surface area contributed by atoms with Crippen LogP contribution in [0.15, 0.2) is 0 Å². The first-order valence-electron chi connectivity index (χ1n) is 6.77. The van der Waals surface area contributed by atoms with Gasteiger partial charge in [0.1, 0.15) is 0 Å². The van der Waals surface area contributed by atoms with Crippen LogP contribution in [0.3, 0.4) is 0 Å². The minimum atomic E-state index is -0.913. The Morgan fingerprint density at radius 3 is 1.86 bits per heavy atom. The number of primary amides is 2. The van der Waals surface area contributed by atoms with Crippen molar-refractivity contribution in [2.45, 2.75) is 50.2 Å². The van der Waals surface area contributed by atoms with Crippen LogP contribution < -0.4 is 28.3 Å². The quantitative estimate of drug-likeness (QED) is 0.227. The van der Waals surface area contributed by atoms with Gasteiger partial charge < -0.3 is 28.3 Å². The number of nitrogens with two attached hydrogens (primary N) is 4. The van der Waals surface area contributed by atoms with E-state index in [0.29, 0.717) is 12.8 Å². The van der Waals surface area contributed by atoms with Gasteiger partial charge in [-0.2, -0.15) is 0 Å². The molecule has 10 heteroatoms. The van der Waals surface area contributed by atoms with E-state index in [-0.39, 0.29) is 19.3 Å². The second kappa shape index (κ2) is 10.1. The third kappa shape index (κ3) is 8.60. The third-order valence-corrected chi connectivity index (χ3v) is 3.37. The molecule has 22 heavy (non-hydrogen) atoms. The molecule has 3 amide bonds. The minimum absolute atomic E-state index is 0.0392. The van der Waals surface area contributed by atoms with Crippen LogP contribution in [0.2, 0.25) is 0 Å². The summed E-state index contributed by atoms with van der Waals surface area (Å²) in [5.74, 6) is -1.77. The highest BCUT2D eigenvalue weighted by molar-refractivity contribution is 7.96. The molecule has 3 atom stereocenters. The molecule has 0 saturated carbocycles. The Balaban J connectivity index is 4.23. The first kappa shape index (κ1) is 20.3. The molecule has 0 aliphatic rings. The van der Waals surface area contributed by atoms with Crippen molar-refractivity contribution in [1.29, 1.82) is 0 Å². The number of carbonyl (C=O) groups excluding carboxylic acids is 4. The maximum Gasteiger partial charge on any atom is 0.234 e. The van der Waals surface area contributed by atoms with E-state index in [1.165, 1.54) is 0 Å². The first-order valence-corrected chi connectivity index (χ1v) is 7.21. The molecule has 9 N–H and O–H groups in total. The molecular weight excluding hydrogens is 310 g/mol. The summed E-state index contributed by atoms with van der Waals surface area (Å²) in [7, 11) is 0. The van der Waals surface area contributed by atoms with Crippen molar-refractivity contribution in [2.24, 2.45) is 22.9 Å². The predicted molar refractivity (Wildman–Crippen MR) is 83.3 cm³/mol. The van der Waals surface area contributed by atoms with Crippen molar-refractivity contribution < 1.29 is 19.2 Å². The van der Waals surface area contributed by atoms with Gasteiger partial charge in [0, 0.05) is 6.42 Å². The molecular formula is C12H23N5O4S. The van der Waals surface area contributed by atoms with Crippen LogP contribution in [0.25, 0.3) is 0 Å². The lowest BCUT2D eigenvalue weighted by Gasteiger charge is -2.16. The Kier molecular flexibility index (Phi) is 9.38. The highest BCUT2D eigenvalue weighted by Gasteiger charge is 2.20. The molecule has 0 fully saturated rings. The number of rotatable bonds is 11. The number of amides is 3. The fraction of sp³-hybridized carbons (Fsp3) is 0.667. The van der Waals surface area contributed by atoms with Gasteiger partial charge in [-0.3, -0.25) is 19.2 Å². The van der Waals surface area contributed by atoms with Crippen molar-refractivity contribution in [1.82, 2.24) is 5.32 Å². The van der Waals surface area contributed by atoms with E-state index >= 15 is 0 Å². The van der Waals surface area contributed by atoms with Gasteiger partial charge in [0.25, 0.3) is 0 Å². The normalized spacial score (nSPS) is 14.7. The zero-order chi connectivity index (χ0) is 17.3. The Bertz CT molecular complexity index is 432. The summed E-state index contributed by atoms with van der Waals surface area (Å²) in [6.45, 7) is 0. The zero-order valence-electron chi connectivity index (χ0n) is 12.2. The molecule has 0 bridgehead atoms. The van der Waals surface area contributed by atoms with Crippen LogP contribution in [-0.2, 0) is 19.2 Å². The SMILES string of the molecule is NC(=O)[C@H](N)CCC[C@H](NC(=O)CC[C@@H](N)C(N)=O)C(=O)S. The standard InChI is InChI=1S/C12H23N5O4S/c13-6(10(15)19)2-1-3-8(12(21)22)17-9(18)5-4-7(14)11(16)20/h6-8H,1-5,13-14H2,(H2,15,19)(H2,16,20)(H,17,18)(H,21,22)/t6-,7-,8+/m1/s1. The van der Waals surface area contributed by atoms with Crippen LogP contribution in [0.1, 0.15) is 32.1 Å². The Morgan fingerprint density at radius 2 is 1.41 bits per heavy atom. The van der Waals surface area contributed by atoms with Crippen molar-refractivity contribution in [3.8, 4) is 0 Å². The second-order valence-electron chi connectivity index (χ2n) is 4.95. The van der Waals surface area contributed by atoms with Crippen LogP contribution in [0.4, 0.5) is 0 Å². The van der Waals surface area contributed by atoms with Gasteiger partial charge in [-0.15, -0.1) is 12.6 Å². The number of hydrogen-bond acceptors (Lipinski definition) is 6. The average Bonchev–Trinajstić information content (AvgIpc) is 2.42. The smallest absolute Gasteiger partial charge is 0.234 e. The van der Waals surface area contributed by atoms with Crippen LogP contribution >= 0.6 is 12.6 Å². The number of thiol groups is 1. The van der Waals surface area contributed by atoms with Gasteiger partial charge in [-0.25, -0.2) is 0 Å². The van der Waals surface area contributed by atoms with E-state index in [9.17, 15) is 19.2 Å². The number of hydrogen-bond donors (Lipinski definition) is 6. The fourth-order valence-electron chi connectivity index (χ4n) is 1.64. The molecule has 0 saturated heterocycles. The molecule has 0 radical (unpaired) electrons. The lowest BCUT2D eigenvalue weighted by atomic mass is 10.1. The lowest BCUT2D eigenvalue weighted by molar-refractivity contribution is -0.125. The highest BCUT2D eigenvalue weighted by Crippen LogP contribution is 2.07. The zero-order valence-corrected chi connectivity index (χ0v) is 13.1. The Morgan fingerprint density at radius 1 is 0.909 bits per heavy atom. The largest absolute Gasteiger partial charge is 0.368 e. The molecule has 0 aromatic rings. The monoisotopic (exact) mass is 333 g/mol. The van der Waals surface area contributed by atoms with Crippen LogP contribution in [0.5, 0.6) is 0 Å². The van der Waals surface area contributed by atoms with E-state index in [4.69, 9.17) is 22.9 Å². The molecule has 0 spiro atoms. The van der Waals surface area contributed by atoms with Gasteiger partial charge in [0.2, 0.25) is 22.8 Å². The Hall–Kier alpha value is -1.65. The molecule has 9 nitrogen and oxygen atoms in total. The number of nitrogens with one attached hydrogen (secondary N) is 1. The molecule has 0 aromatic carbocycles. The van der Waals surface area contributed by atoms with Gasteiger partial charge in [0.05, 0.1) is 18.1 Å². The second-order valence-corrected chi connectivity index (χ2v) is 5.39. The molecule has 0 aliphatic heterocycles. The maximum atomic E-state index is 11.7. The fourth-order valence-corrected chi connectivity index (χ4v) is 1.83. The van der Waals surface area contributed by atoms with Crippen molar-refractivity contribution in [3.63, 3.8) is 0 Å².